The molecule has 3 rings (SSSR count). The number of hydrogen-bond donors (Lipinski definition) is 1. The van der Waals surface area contributed by atoms with Gasteiger partial charge in [-0.05, 0) is 26.8 Å². The summed E-state index contributed by atoms with van der Waals surface area (Å²) in [6, 6.07) is 2.92. The van der Waals surface area contributed by atoms with Gasteiger partial charge in [0.15, 0.2) is 11.4 Å². The maximum atomic E-state index is 14.4. The van der Waals surface area contributed by atoms with Gasteiger partial charge in [0.05, 0.1) is 11.1 Å². The largest absolute Gasteiger partial charge is 0.444 e. The molecule has 1 aromatic carbocycles. The number of nitrogens with zero attached hydrogens (tertiary/aromatic N) is 3. The number of benzene rings is 1. The van der Waals surface area contributed by atoms with E-state index >= 15 is 0 Å². The maximum Gasteiger partial charge on any atom is 0.410 e. The lowest BCUT2D eigenvalue weighted by atomic mass is 10.2. The fraction of sp³-hybridized carbons (Fsp3) is 0.500. The van der Waals surface area contributed by atoms with Gasteiger partial charge in [0, 0.05) is 32.2 Å². The van der Waals surface area contributed by atoms with Crippen molar-refractivity contribution in [3.63, 3.8) is 0 Å². The summed E-state index contributed by atoms with van der Waals surface area (Å²) < 4.78 is 24.8. The summed E-state index contributed by atoms with van der Waals surface area (Å²) in [6.45, 7) is 7.42. The molecule has 1 aliphatic heterocycles. The zero-order chi connectivity index (χ0) is 17.5. The van der Waals surface area contributed by atoms with Crippen LogP contribution in [0, 0.1) is 5.82 Å². The zero-order valence-electron chi connectivity index (χ0n) is 14.0. The second-order valence-electron chi connectivity index (χ2n) is 6.82. The second kappa shape index (κ2) is 5.85. The fourth-order valence-corrected chi connectivity index (χ4v) is 2.66. The van der Waals surface area contributed by atoms with Crippen molar-refractivity contribution in [1.82, 2.24) is 10.1 Å². The van der Waals surface area contributed by atoms with Crippen LogP contribution in [0.5, 0.6) is 0 Å². The number of hydrogen-bond acceptors (Lipinski definition) is 6. The van der Waals surface area contributed by atoms with Gasteiger partial charge in [-0.2, -0.15) is 0 Å². The monoisotopic (exact) mass is 336 g/mol. The number of amides is 1. The summed E-state index contributed by atoms with van der Waals surface area (Å²) >= 11 is 0. The molecule has 0 atom stereocenters. The standard InChI is InChI=1S/C16H21FN4O3/c1-16(2,3)23-15(22)21-6-4-20(5-7-21)12-9-13-10(8-11(12)17)14(18)19-24-13/h8-9H,4-7H2,1-3H3,(H2,18,19). The molecule has 1 aromatic heterocycles. The van der Waals surface area contributed by atoms with Crippen LogP contribution >= 0.6 is 0 Å². The molecule has 8 heteroatoms. The predicted octanol–water partition coefficient (Wildman–Crippen LogP) is 2.61. The first-order valence-corrected chi connectivity index (χ1v) is 7.82. The molecule has 0 spiro atoms. The van der Waals surface area contributed by atoms with Crippen molar-refractivity contribution in [2.45, 2.75) is 26.4 Å². The number of anilines is 2. The Kier molecular flexibility index (Phi) is 3.98. The van der Waals surface area contributed by atoms with Crippen LogP contribution in [0.25, 0.3) is 11.0 Å². The summed E-state index contributed by atoms with van der Waals surface area (Å²) in [4.78, 5) is 15.6. The molecule has 1 fully saturated rings. The summed E-state index contributed by atoms with van der Waals surface area (Å²) in [5, 5.41) is 4.10. The average molecular weight is 336 g/mol. The molecule has 0 unspecified atom stereocenters. The van der Waals surface area contributed by atoms with Gasteiger partial charge in [0.25, 0.3) is 0 Å². The predicted molar refractivity (Wildman–Crippen MR) is 88.4 cm³/mol. The van der Waals surface area contributed by atoms with E-state index in [1.165, 1.54) is 6.07 Å². The Labute approximate surface area is 139 Å². The third kappa shape index (κ3) is 3.22. The van der Waals surface area contributed by atoms with Gasteiger partial charge in [-0.25, -0.2) is 9.18 Å². The van der Waals surface area contributed by atoms with Crippen LogP contribution < -0.4 is 10.6 Å². The van der Waals surface area contributed by atoms with Crippen molar-refractivity contribution in [3.8, 4) is 0 Å². The first-order valence-electron chi connectivity index (χ1n) is 7.82. The number of halogens is 1. The molecule has 2 heterocycles. The van der Waals surface area contributed by atoms with E-state index in [1.807, 2.05) is 25.7 Å². The van der Waals surface area contributed by atoms with Crippen LogP contribution in [0.1, 0.15) is 20.8 Å². The van der Waals surface area contributed by atoms with Gasteiger partial charge in [-0.15, -0.1) is 0 Å². The first-order chi connectivity index (χ1) is 11.2. The molecule has 0 bridgehead atoms. The van der Waals surface area contributed by atoms with Crippen LogP contribution in [0.3, 0.4) is 0 Å². The van der Waals surface area contributed by atoms with E-state index in [9.17, 15) is 9.18 Å². The lowest BCUT2D eigenvalue weighted by Gasteiger charge is -2.36. The molecule has 0 radical (unpaired) electrons. The molecule has 2 N–H and O–H groups in total. The van der Waals surface area contributed by atoms with Gasteiger partial charge in [0.2, 0.25) is 0 Å². The maximum absolute atomic E-state index is 14.4. The minimum absolute atomic E-state index is 0.171. The Morgan fingerprint density at radius 1 is 1.29 bits per heavy atom. The molecular formula is C16H21FN4O3. The lowest BCUT2D eigenvalue weighted by Crippen LogP contribution is -2.50. The average Bonchev–Trinajstić information content (AvgIpc) is 2.86. The SMILES string of the molecule is CC(C)(C)OC(=O)N1CCN(c2cc3onc(N)c3cc2F)CC1. The zero-order valence-corrected chi connectivity index (χ0v) is 14.0. The molecule has 24 heavy (non-hydrogen) atoms. The van der Waals surface area contributed by atoms with Crippen LogP contribution in [0.2, 0.25) is 0 Å². The Bertz CT molecular complexity index is 761. The van der Waals surface area contributed by atoms with Crippen molar-refractivity contribution in [2.24, 2.45) is 0 Å². The number of carbonyl (C=O) groups is 1. The third-order valence-electron chi connectivity index (χ3n) is 3.84. The van der Waals surface area contributed by atoms with E-state index in [-0.39, 0.29) is 17.7 Å². The van der Waals surface area contributed by atoms with Crippen molar-refractivity contribution in [1.29, 1.82) is 0 Å². The minimum atomic E-state index is -0.530. The molecule has 0 aliphatic carbocycles. The molecule has 1 aliphatic rings. The van der Waals surface area contributed by atoms with E-state index in [0.29, 0.717) is 42.8 Å². The number of aromatic nitrogens is 1. The highest BCUT2D eigenvalue weighted by atomic mass is 19.1. The van der Waals surface area contributed by atoms with E-state index < -0.39 is 5.60 Å². The Morgan fingerprint density at radius 2 is 1.96 bits per heavy atom. The van der Waals surface area contributed by atoms with E-state index in [1.54, 1.807) is 11.0 Å². The number of fused-ring (bicyclic) bond motifs is 1. The molecule has 0 saturated carbocycles. The Morgan fingerprint density at radius 3 is 2.58 bits per heavy atom. The number of carbonyl (C=O) groups excluding carboxylic acids is 1. The van der Waals surface area contributed by atoms with Crippen molar-refractivity contribution < 1.29 is 18.4 Å². The molecule has 1 saturated heterocycles. The summed E-state index contributed by atoms with van der Waals surface area (Å²) in [5.74, 6) is -0.215. The van der Waals surface area contributed by atoms with Crippen LogP contribution in [0.4, 0.5) is 20.7 Å². The topological polar surface area (TPSA) is 84.8 Å². The van der Waals surface area contributed by atoms with Crippen LogP contribution in [0.15, 0.2) is 16.7 Å². The van der Waals surface area contributed by atoms with E-state index in [4.69, 9.17) is 15.0 Å². The number of nitrogens with two attached hydrogens (primary N) is 1. The van der Waals surface area contributed by atoms with Gasteiger partial charge in [-0.1, -0.05) is 5.16 Å². The molecule has 2 aromatic rings. The smallest absolute Gasteiger partial charge is 0.410 e. The van der Waals surface area contributed by atoms with Crippen LogP contribution in [-0.2, 0) is 4.74 Å². The van der Waals surface area contributed by atoms with Gasteiger partial charge in [0.1, 0.15) is 11.4 Å². The highest BCUT2D eigenvalue weighted by Crippen LogP contribution is 2.29. The second-order valence-corrected chi connectivity index (χ2v) is 6.82. The number of rotatable bonds is 1. The van der Waals surface area contributed by atoms with E-state index in [2.05, 4.69) is 5.16 Å². The normalized spacial score (nSPS) is 15.8. The lowest BCUT2D eigenvalue weighted by molar-refractivity contribution is 0.0240. The molecular weight excluding hydrogens is 315 g/mol. The van der Waals surface area contributed by atoms with Crippen LogP contribution in [-0.4, -0.2) is 47.9 Å². The quantitative estimate of drug-likeness (QED) is 0.862. The molecule has 1 amide bonds. The number of piperazine rings is 1. The highest BCUT2D eigenvalue weighted by Gasteiger charge is 2.27. The fourth-order valence-electron chi connectivity index (χ4n) is 2.66. The van der Waals surface area contributed by atoms with Gasteiger partial charge >= 0.3 is 6.09 Å². The van der Waals surface area contributed by atoms with Crippen molar-refractivity contribution in [2.75, 3.05) is 36.8 Å². The number of ether oxygens (including phenoxy) is 1. The summed E-state index contributed by atoms with van der Waals surface area (Å²) in [7, 11) is 0. The summed E-state index contributed by atoms with van der Waals surface area (Å²) in [5.41, 5.74) is 5.96. The highest BCUT2D eigenvalue weighted by molar-refractivity contribution is 5.89. The molecule has 7 nitrogen and oxygen atoms in total. The summed E-state index contributed by atoms with van der Waals surface area (Å²) in [6.07, 6.45) is -0.346. The molecule has 130 valence electrons. The Hall–Kier alpha value is -2.51. The third-order valence-corrected chi connectivity index (χ3v) is 3.84. The van der Waals surface area contributed by atoms with Gasteiger partial charge < -0.3 is 24.8 Å². The van der Waals surface area contributed by atoms with Crippen molar-refractivity contribution in [3.05, 3.63) is 17.9 Å². The van der Waals surface area contributed by atoms with Gasteiger partial charge in [-0.3, -0.25) is 0 Å². The minimum Gasteiger partial charge on any atom is -0.444 e. The number of nitrogen functional groups attached to an aromatic ring is 1. The first kappa shape index (κ1) is 16.4. The van der Waals surface area contributed by atoms with E-state index in [0.717, 1.165) is 0 Å². The van der Waals surface area contributed by atoms with Crippen molar-refractivity contribution >= 4 is 28.6 Å². The Balaban J connectivity index is 1.71.